The maximum Gasteiger partial charge on any atom is 0.250 e. The van der Waals surface area contributed by atoms with Gasteiger partial charge in [-0.3, -0.25) is 4.79 Å². The minimum absolute atomic E-state index is 0.0668. The molecule has 1 fully saturated rings. The lowest BCUT2D eigenvalue weighted by Gasteiger charge is -2.41. The van der Waals surface area contributed by atoms with Crippen LogP contribution in [-0.4, -0.2) is 24.7 Å². The molecule has 1 aromatic carbocycles. The first-order valence-corrected chi connectivity index (χ1v) is 5.98. The summed E-state index contributed by atoms with van der Waals surface area (Å²) in [5.74, 6) is 0.0668. The maximum absolute atomic E-state index is 12.2. The second kappa shape index (κ2) is 3.74. The number of carbonyl (C=O) groups excluding carboxylic acids is 1. The lowest BCUT2D eigenvalue weighted by molar-refractivity contribution is -0.123. The molecule has 0 radical (unpaired) electrons. The van der Waals surface area contributed by atoms with E-state index >= 15 is 0 Å². The zero-order chi connectivity index (χ0) is 11.9. The Morgan fingerprint density at radius 2 is 2.00 bits per heavy atom. The highest BCUT2D eigenvalue weighted by Gasteiger charge is 2.43. The largest absolute Gasteiger partial charge is 0.381 e. The number of benzene rings is 1. The van der Waals surface area contributed by atoms with Gasteiger partial charge in [-0.2, -0.15) is 0 Å². The standard InChI is InChI=1S/C13H16N2O2/c1-9-2-3-10-11(8-9)15-13(12(16)14-10)4-6-17-7-5-13/h2-3,8,15H,4-7H2,1H3,(H,14,16). The Bertz CT molecular complexity index is 464. The van der Waals surface area contributed by atoms with Crippen LogP contribution in [0.25, 0.3) is 0 Å². The van der Waals surface area contributed by atoms with Crippen molar-refractivity contribution in [2.24, 2.45) is 0 Å². The fourth-order valence-electron chi connectivity index (χ4n) is 2.50. The van der Waals surface area contributed by atoms with E-state index in [0.29, 0.717) is 13.2 Å². The molecule has 0 unspecified atom stereocenters. The van der Waals surface area contributed by atoms with Crippen LogP contribution in [0, 0.1) is 6.92 Å². The Kier molecular flexibility index (Phi) is 2.33. The number of anilines is 2. The number of ether oxygens (including phenoxy) is 1. The predicted octanol–water partition coefficient (Wildman–Crippen LogP) is 1.91. The molecule has 4 heteroatoms. The Balaban J connectivity index is 1.98. The summed E-state index contributed by atoms with van der Waals surface area (Å²) in [4.78, 5) is 12.2. The van der Waals surface area contributed by atoms with E-state index in [1.807, 2.05) is 12.1 Å². The summed E-state index contributed by atoms with van der Waals surface area (Å²) in [5, 5.41) is 6.40. The minimum atomic E-state index is -0.473. The molecule has 4 nitrogen and oxygen atoms in total. The van der Waals surface area contributed by atoms with Gasteiger partial charge in [0.05, 0.1) is 11.4 Å². The van der Waals surface area contributed by atoms with Crippen LogP contribution in [0.1, 0.15) is 18.4 Å². The van der Waals surface area contributed by atoms with Crippen molar-refractivity contribution >= 4 is 17.3 Å². The Morgan fingerprint density at radius 3 is 2.76 bits per heavy atom. The van der Waals surface area contributed by atoms with Gasteiger partial charge in [0.1, 0.15) is 5.54 Å². The average molecular weight is 232 g/mol. The molecule has 0 aromatic heterocycles. The minimum Gasteiger partial charge on any atom is -0.381 e. The van der Waals surface area contributed by atoms with Crippen LogP contribution in [0.3, 0.4) is 0 Å². The van der Waals surface area contributed by atoms with Crippen LogP contribution in [0.2, 0.25) is 0 Å². The highest BCUT2D eigenvalue weighted by atomic mass is 16.5. The SMILES string of the molecule is Cc1ccc2c(c1)NC1(CCOCC1)C(=O)N2. The summed E-state index contributed by atoms with van der Waals surface area (Å²) >= 11 is 0. The molecule has 2 N–H and O–H groups in total. The van der Waals surface area contributed by atoms with Crippen LogP contribution in [0.4, 0.5) is 11.4 Å². The maximum atomic E-state index is 12.2. The highest BCUT2D eigenvalue weighted by Crippen LogP contribution is 2.36. The molecule has 1 aromatic rings. The molecule has 2 aliphatic heterocycles. The van der Waals surface area contributed by atoms with E-state index < -0.39 is 5.54 Å². The molecule has 0 atom stereocenters. The van der Waals surface area contributed by atoms with Gasteiger partial charge < -0.3 is 15.4 Å². The number of aryl methyl sites for hydroxylation is 1. The third-order valence-corrected chi connectivity index (χ3v) is 3.58. The van der Waals surface area contributed by atoms with E-state index in [9.17, 15) is 4.79 Å². The molecule has 2 heterocycles. The summed E-state index contributed by atoms with van der Waals surface area (Å²) in [5.41, 5.74) is 2.61. The number of nitrogens with one attached hydrogen (secondary N) is 2. The van der Waals surface area contributed by atoms with E-state index in [-0.39, 0.29) is 5.91 Å². The number of hydrogen-bond acceptors (Lipinski definition) is 3. The molecule has 1 spiro atoms. The molecule has 3 rings (SSSR count). The molecule has 0 saturated carbocycles. The lowest BCUT2D eigenvalue weighted by atomic mass is 9.86. The number of carbonyl (C=O) groups is 1. The van der Waals surface area contributed by atoms with Gasteiger partial charge in [-0.25, -0.2) is 0 Å². The van der Waals surface area contributed by atoms with Gasteiger partial charge in [0, 0.05) is 26.1 Å². The average Bonchev–Trinajstić information content (AvgIpc) is 2.32. The second-order valence-corrected chi connectivity index (χ2v) is 4.82. The predicted molar refractivity (Wildman–Crippen MR) is 66.2 cm³/mol. The van der Waals surface area contributed by atoms with Crippen molar-refractivity contribution in [3.63, 3.8) is 0 Å². The van der Waals surface area contributed by atoms with Crippen LogP contribution in [-0.2, 0) is 9.53 Å². The van der Waals surface area contributed by atoms with Crippen molar-refractivity contribution in [2.45, 2.75) is 25.3 Å². The summed E-state index contributed by atoms with van der Waals surface area (Å²) in [6.45, 7) is 3.33. The Hall–Kier alpha value is -1.55. The Morgan fingerprint density at radius 1 is 1.24 bits per heavy atom. The van der Waals surface area contributed by atoms with Crippen molar-refractivity contribution < 1.29 is 9.53 Å². The normalized spacial score (nSPS) is 21.6. The molecule has 2 aliphatic rings. The van der Waals surface area contributed by atoms with Gasteiger partial charge in [-0.15, -0.1) is 0 Å². The van der Waals surface area contributed by atoms with Gasteiger partial charge >= 0.3 is 0 Å². The second-order valence-electron chi connectivity index (χ2n) is 4.82. The highest BCUT2D eigenvalue weighted by molar-refractivity contribution is 6.06. The lowest BCUT2D eigenvalue weighted by Crippen LogP contribution is -2.55. The third kappa shape index (κ3) is 1.69. The number of amides is 1. The van der Waals surface area contributed by atoms with Crippen molar-refractivity contribution in [2.75, 3.05) is 23.8 Å². The zero-order valence-electron chi connectivity index (χ0n) is 9.88. The van der Waals surface area contributed by atoms with E-state index in [4.69, 9.17) is 4.74 Å². The molecule has 1 amide bonds. The number of fused-ring (bicyclic) bond motifs is 1. The van der Waals surface area contributed by atoms with Crippen molar-refractivity contribution in [3.8, 4) is 0 Å². The smallest absolute Gasteiger partial charge is 0.250 e. The van der Waals surface area contributed by atoms with Crippen LogP contribution >= 0.6 is 0 Å². The molecular formula is C13H16N2O2. The van der Waals surface area contributed by atoms with E-state index in [2.05, 4.69) is 23.6 Å². The quantitative estimate of drug-likeness (QED) is 0.718. The van der Waals surface area contributed by atoms with Gasteiger partial charge in [0.2, 0.25) is 5.91 Å². The summed E-state index contributed by atoms with van der Waals surface area (Å²) in [6, 6.07) is 6.02. The van der Waals surface area contributed by atoms with Crippen LogP contribution < -0.4 is 10.6 Å². The molecule has 0 bridgehead atoms. The van der Waals surface area contributed by atoms with Gasteiger partial charge in [-0.1, -0.05) is 6.07 Å². The van der Waals surface area contributed by atoms with Crippen LogP contribution in [0.15, 0.2) is 18.2 Å². The van der Waals surface area contributed by atoms with Crippen LogP contribution in [0.5, 0.6) is 0 Å². The van der Waals surface area contributed by atoms with Gasteiger partial charge in [0.25, 0.3) is 0 Å². The number of rotatable bonds is 0. The Labute approximate surface area is 100 Å². The zero-order valence-corrected chi connectivity index (χ0v) is 9.88. The van der Waals surface area contributed by atoms with Crippen molar-refractivity contribution in [1.82, 2.24) is 0 Å². The van der Waals surface area contributed by atoms with Gasteiger partial charge in [0.15, 0.2) is 0 Å². The topological polar surface area (TPSA) is 50.4 Å². The molecule has 0 aliphatic carbocycles. The fraction of sp³-hybridized carbons (Fsp3) is 0.462. The molecule has 90 valence electrons. The first kappa shape index (κ1) is 10.6. The van der Waals surface area contributed by atoms with E-state index in [1.54, 1.807) is 0 Å². The third-order valence-electron chi connectivity index (χ3n) is 3.58. The monoisotopic (exact) mass is 232 g/mol. The van der Waals surface area contributed by atoms with Crippen molar-refractivity contribution in [1.29, 1.82) is 0 Å². The number of hydrogen-bond donors (Lipinski definition) is 2. The molecule has 17 heavy (non-hydrogen) atoms. The summed E-state index contributed by atoms with van der Waals surface area (Å²) in [7, 11) is 0. The first-order chi connectivity index (χ1) is 8.20. The molecular weight excluding hydrogens is 216 g/mol. The van der Waals surface area contributed by atoms with E-state index in [0.717, 1.165) is 24.2 Å². The first-order valence-electron chi connectivity index (χ1n) is 5.98. The fourth-order valence-corrected chi connectivity index (χ4v) is 2.50. The van der Waals surface area contributed by atoms with Crippen molar-refractivity contribution in [3.05, 3.63) is 23.8 Å². The van der Waals surface area contributed by atoms with E-state index in [1.165, 1.54) is 5.56 Å². The molecule has 1 saturated heterocycles. The summed E-state index contributed by atoms with van der Waals surface area (Å²) < 4.78 is 5.34. The van der Waals surface area contributed by atoms with Gasteiger partial charge in [-0.05, 0) is 24.6 Å². The summed E-state index contributed by atoms with van der Waals surface area (Å²) in [6.07, 6.45) is 1.46.